The Hall–Kier alpha value is -2.12. The van der Waals surface area contributed by atoms with Crippen molar-refractivity contribution in [3.63, 3.8) is 0 Å². The van der Waals surface area contributed by atoms with Crippen LogP contribution in [-0.4, -0.2) is 5.91 Å². The summed E-state index contributed by atoms with van der Waals surface area (Å²) in [7, 11) is 0. The van der Waals surface area contributed by atoms with Crippen LogP contribution in [0, 0.1) is 18.3 Å². The van der Waals surface area contributed by atoms with Crippen LogP contribution in [0.3, 0.4) is 0 Å². The van der Waals surface area contributed by atoms with Gasteiger partial charge in [0.15, 0.2) is 0 Å². The predicted molar refractivity (Wildman–Crippen MR) is 78.0 cm³/mol. The van der Waals surface area contributed by atoms with Crippen LogP contribution in [0.5, 0.6) is 0 Å². The van der Waals surface area contributed by atoms with Gasteiger partial charge >= 0.3 is 0 Å². The SMILES string of the molecule is Cc1ccccc1C(=O)Nc1ccc(Br)cc1C#N. The van der Waals surface area contributed by atoms with E-state index in [0.29, 0.717) is 16.8 Å². The first-order chi connectivity index (χ1) is 9.11. The van der Waals surface area contributed by atoms with E-state index in [4.69, 9.17) is 5.26 Å². The molecule has 0 saturated heterocycles. The molecule has 3 nitrogen and oxygen atoms in total. The molecule has 0 aliphatic heterocycles. The molecule has 0 aliphatic carbocycles. The van der Waals surface area contributed by atoms with Crippen molar-refractivity contribution in [1.82, 2.24) is 0 Å². The van der Waals surface area contributed by atoms with Crippen LogP contribution >= 0.6 is 15.9 Å². The Morgan fingerprint density at radius 2 is 2.00 bits per heavy atom. The molecule has 2 rings (SSSR count). The number of nitrogens with zero attached hydrogens (tertiary/aromatic N) is 1. The number of anilines is 1. The summed E-state index contributed by atoms with van der Waals surface area (Å²) in [5.41, 5.74) is 2.44. The molecular weight excluding hydrogens is 304 g/mol. The van der Waals surface area contributed by atoms with Crippen molar-refractivity contribution in [2.24, 2.45) is 0 Å². The molecular formula is C15H11BrN2O. The van der Waals surface area contributed by atoms with Gasteiger partial charge in [0.25, 0.3) is 5.91 Å². The zero-order chi connectivity index (χ0) is 13.8. The van der Waals surface area contributed by atoms with Gasteiger partial charge in [-0.3, -0.25) is 4.79 Å². The molecule has 0 fully saturated rings. The summed E-state index contributed by atoms with van der Waals surface area (Å²) in [6.07, 6.45) is 0. The minimum absolute atomic E-state index is 0.211. The number of carbonyl (C=O) groups excluding carboxylic acids is 1. The van der Waals surface area contributed by atoms with E-state index >= 15 is 0 Å². The van der Waals surface area contributed by atoms with E-state index in [1.807, 2.05) is 25.1 Å². The first kappa shape index (κ1) is 13.3. The standard InChI is InChI=1S/C15H11BrN2O/c1-10-4-2-3-5-13(10)15(19)18-14-7-6-12(16)8-11(14)9-17/h2-8H,1H3,(H,18,19). The summed E-state index contributed by atoms with van der Waals surface area (Å²) >= 11 is 3.30. The van der Waals surface area contributed by atoms with Gasteiger partial charge in [0.2, 0.25) is 0 Å². The van der Waals surface area contributed by atoms with E-state index in [1.54, 1.807) is 24.3 Å². The largest absolute Gasteiger partial charge is 0.321 e. The first-order valence-electron chi connectivity index (χ1n) is 5.68. The average molecular weight is 315 g/mol. The van der Waals surface area contributed by atoms with Crippen LogP contribution in [-0.2, 0) is 0 Å². The highest BCUT2D eigenvalue weighted by molar-refractivity contribution is 9.10. The maximum Gasteiger partial charge on any atom is 0.255 e. The Balaban J connectivity index is 2.30. The number of aryl methyl sites for hydroxylation is 1. The van der Waals surface area contributed by atoms with E-state index in [9.17, 15) is 4.79 Å². The molecule has 0 unspecified atom stereocenters. The van der Waals surface area contributed by atoms with Gasteiger partial charge in [-0.25, -0.2) is 0 Å². The summed E-state index contributed by atoms with van der Waals surface area (Å²) in [6, 6.07) is 14.6. The summed E-state index contributed by atoms with van der Waals surface area (Å²) in [4.78, 5) is 12.2. The Kier molecular flexibility index (Phi) is 3.98. The molecule has 0 aromatic heterocycles. The number of amides is 1. The number of hydrogen-bond acceptors (Lipinski definition) is 2. The lowest BCUT2D eigenvalue weighted by Crippen LogP contribution is -2.14. The molecule has 1 N–H and O–H groups in total. The number of hydrogen-bond donors (Lipinski definition) is 1. The van der Waals surface area contributed by atoms with Crippen molar-refractivity contribution in [2.45, 2.75) is 6.92 Å². The smallest absolute Gasteiger partial charge is 0.255 e. The van der Waals surface area contributed by atoms with Crippen molar-refractivity contribution in [1.29, 1.82) is 5.26 Å². The van der Waals surface area contributed by atoms with Gasteiger partial charge in [0, 0.05) is 10.0 Å². The molecule has 0 aliphatic rings. The van der Waals surface area contributed by atoms with Crippen molar-refractivity contribution in [3.05, 3.63) is 63.6 Å². The number of halogens is 1. The Labute approximate surface area is 120 Å². The topological polar surface area (TPSA) is 52.9 Å². The zero-order valence-electron chi connectivity index (χ0n) is 10.3. The van der Waals surface area contributed by atoms with Crippen molar-refractivity contribution in [3.8, 4) is 6.07 Å². The lowest BCUT2D eigenvalue weighted by molar-refractivity contribution is 0.102. The van der Waals surface area contributed by atoms with Gasteiger partial charge in [-0.2, -0.15) is 5.26 Å². The van der Waals surface area contributed by atoms with Crippen LogP contribution < -0.4 is 5.32 Å². The maximum absolute atomic E-state index is 12.2. The zero-order valence-corrected chi connectivity index (χ0v) is 11.9. The van der Waals surface area contributed by atoms with E-state index in [1.165, 1.54) is 0 Å². The predicted octanol–water partition coefficient (Wildman–Crippen LogP) is 3.88. The molecule has 2 aromatic carbocycles. The molecule has 0 radical (unpaired) electrons. The van der Waals surface area contributed by atoms with Gasteiger partial charge in [0.05, 0.1) is 11.3 Å². The number of carbonyl (C=O) groups is 1. The summed E-state index contributed by atoms with van der Waals surface area (Å²) < 4.78 is 0.804. The number of nitrogens with one attached hydrogen (secondary N) is 1. The van der Waals surface area contributed by atoms with Gasteiger partial charge in [0.1, 0.15) is 6.07 Å². The molecule has 0 heterocycles. The molecule has 0 spiro atoms. The third kappa shape index (κ3) is 3.01. The number of rotatable bonds is 2. The molecule has 94 valence electrons. The minimum Gasteiger partial charge on any atom is -0.321 e. The van der Waals surface area contributed by atoms with Crippen LogP contribution in [0.15, 0.2) is 46.9 Å². The van der Waals surface area contributed by atoms with Crippen molar-refractivity contribution < 1.29 is 4.79 Å². The van der Waals surface area contributed by atoms with Gasteiger partial charge in [-0.1, -0.05) is 34.1 Å². The molecule has 0 atom stereocenters. The lowest BCUT2D eigenvalue weighted by atomic mass is 10.1. The van der Waals surface area contributed by atoms with E-state index in [2.05, 4.69) is 27.3 Å². The monoisotopic (exact) mass is 314 g/mol. The van der Waals surface area contributed by atoms with Gasteiger partial charge < -0.3 is 5.32 Å². The quantitative estimate of drug-likeness (QED) is 0.914. The van der Waals surface area contributed by atoms with E-state index in [-0.39, 0.29) is 5.91 Å². The van der Waals surface area contributed by atoms with Crippen LogP contribution in [0.25, 0.3) is 0 Å². The fourth-order valence-electron chi connectivity index (χ4n) is 1.74. The van der Waals surface area contributed by atoms with Crippen molar-refractivity contribution in [2.75, 3.05) is 5.32 Å². The maximum atomic E-state index is 12.2. The Morgan fingerprint density at radius 1 is 1.26 bits per heavy atom. The molecule has 0 saturated carbocycles. The van der Waals surface area contributed by atoms with E-state index in [0.717, 1.165) is 10.0 Å². The summed E-state index contributed by atoms with van der Waals surface area (Å²) in [5.74, 6) is -0.211. The Bertz CT molecular complexity index is 674. The van der Waals surface area contributed by atoms with E-state index < -0.39 is 0 Å². The van der Waals surface area contributed by atoms with Crippen LogP contribution in [0.4, 0.5) is 5.69 Å². The third-order valence-electron chi connectivity index (χ3n) is 2.74. The third-order valence-corrected chi connectivity index (χ3v) is 3.23. The molecule has 19 heavy (non-hydrogen) atoms. The molecule has 0 bridgehead atoms. The van der Waals surface area contributed by atoms with Gasteiger partial charge in [-0.15, -0.1) is 0 Å². The molecule has 1 amide bonds. The highest BCUT2D eigenvalue weighted by Gasteiger charge is 2.11. The second kappa shape index (κ2) is 5.68. The highest BCUT2D eigenvalue weighted by atomic mass is 79.9. The average Bonchev–Trinajstić information content (AvgIpc) is 2.41. The summed E-state index contributed by atoms with van der Waals surface area (Å²) in [5, 5.41) is 11.8. The summed E-state index contributed by atoms with van der Waals surface area (Å²) in [6.45, 7) is 1.88. The highest BCUT2D eigenvalue weighted by Crippen LogP contribution is 2.21. The molecule has 4 heteroatoms. The van der Waals surface area contributed by atoms with Gasteiger partial charge in [-0.05, 0) is 36.8 Å². The molecule has 2 aromatic rings. The fraction of sp³-hybridized carbons (Fsp3) is 0.0667. The Morgan fingerprint density at radius 3 is 2.68 bits per heavy atom. The second-order valence-electron chi connectivity index (χ2n) is 4.07. The first-order valence-corrected chi connectivity index (χ1v) is 6.48. The van der Waals surface area contributed by atoms with Crippen LogP contribution in [0.2, 0.25) is 0 Å². The van der Waals surface area contributed by atoms with Crippen LogP contribution in [0.1, 0.15) is 21.5 Å². The fourth-order valence-corrected chi connectivity index (χ4v) is 2.10. The normalized spacial score (nSPS) is 9.74. The second-order valence-corrected chi connectivity index (χ2v) is 4.99. The number of nitriles is 1. The van der Waals surface area contributed by atoms with Crippen molar-refractivity contribution >= 4 is 27.5 Å². The number of benzene rings is 2. The minimum atomic E-state index is -0.211. The lowest BCUT2D eigenvalue weighted by Gasteiger charge is -2.09.